The summed E-state index contributed by atoms with van der Waals surface area (Å²) < 4.78 is 0. The highest BCUT2D eigenvalue weighted by molar-refractivity contribution is 5.86. The van der Waals surface area contributed by atoms with Crippen molar-refractivity contribution < 1.29 is 20.4 Å². The molecule has 0 saturated carbocycles. The fraction of sp³-hybridized carbons (Fsp3) is 0.182. The van der Waals surface area contributed by atoms with Crippen molar-refractivity contribution in [3.05, 3.63) is 60.2 Å². The van der Waals surface area contributed by atoms with Gasteiger partial charge in [0.15, 0.2) is 0 Å². The van der Waals surface area contributed by atoms with E-state index in [9.17, 15) is 20.4 Å². The van der Waals surface area contributed by atoms with E-state index in [-0.39, 0.29) is 28.4 Å². The van der Waals surface area contributed by atoms with Crippen LogP contribution in [0.5, 0.6) is 23.0 Å². The molecular formula is C22H22O4. The second-order valence-electron chi connectivity index (χ2n) is 7.39. The van der Waals surface area contributed by atoms with E-state index in [4.69, 9.17) is 0 Å². The molecule has 0 spiro atoms. The van der Waals surface area contributed by atoms with Crippen LogP contribution < -0.4 is 0 Å². The number of benzene rings is 3. The first-order valence-corrected chi connectivity index (χ1v) is 8.36. The third-order valence-electron chi connectivity index (χ3n) is 4.46. The quantitative estimate of drug-likeness (QED) is 0.482. The summed E-state index contributed by atoms with van der Waals surface area (Å²) in [6, 6.07) is 14.6. The van der Waals surface area contributed by atoms with E-state index in [1.54, 1.807) is 24.3 Å². The van der Waals surface area contributed by atoms with Crippen LogP contribution in [0.2, 0.25) is 0 Å². The van der Waals surface area contributed by atoms with Gasteiger partial charge in [-0.3, -0.25) is 0 Å². The molecule has 0 atom stereocenters. The van der Waals surface area contributed by atoms with Crippen LogP contribution in [0.4, 0.5) is 0 Å². The molecule has 3 aromatic rings. The summed E-state index contributed by atoms with van der Waals surface area (Å²) in [5, 5.41) is 41.0. The highest BCUT2D eigenvalue weighted by Gasteiger charge is 2.19. The third kappa shape index (κ3) is 3.18. The minimum Gasteiger partial charge on any atom is -0.508 e. The van der Waals surface area contributed by atoms with Gasteiger partial charge in [-0.1, -0.05) is 45.0 Å². The van der Waals surface area contributed by atoms with E-state index in [0.717, 1.165) is 5.56 Å². The molecule has 26 heavy (non-hydrogen) atoms. The van der Waals surface area contributed by atoms with Crippen molar-refractivity contribution in [1.29, 1.82) is 0 Å². The van der Waals surface area contributed by atoms with E-state index < -0.39 is 0 Å². The number of hydrogen-bond donors (Lipinski definition) is 4. The van der Waals surface area contributed by atoms with Crippen LogP contribution in [-0.2, 0) is 5.41 Å². The second kappa shape index (κ2) is 6.30. The lowest BCUT2D eigenvalue weighted by molar-refractivity contribution is 0.459. The monoisotopic (exact) mass is 350 g/mol. The molecule has 0 unspecified atom stereocenters. The van der Waals surface area contributed by atoms with Gasteiger partial charge in [-0.2, -0.15) is 0 Å². The molecule has 0 bridgehead atoms. The van der Waals surface area contributed by atoms with Gasteiger partial charge in [0.1, 0.15) is 23.0 Å². The van der Waals surface area contributed by atoms with Crippen molar-refractivity contribution >= 4 is 0 Å². The summed E-state index contributed by atoms with van der Waals surface area (Å²) in [6.07, 6.45) is 0. The van der Waals surface area contributed by atoms with E-state index in [1.807, 2.05) is 12.1 Å². The smallest absolute Gasteiger partial charge is 0.131 e. The molecule has 4 N–H and O–H groups in total. The molecular weight excluding hydrogens is 328 g/mol. The van der Waals surface area contributed by atoms with Gasteiger partial charge in [0.05, 0.1) is 0 Å². The van der Waals surface area contributed by atoms with Crippen LogP contribution in [0.15, 0.2) is 54.6 Å². The molecule has 134 valence electrons. The molecule has 0 radical (unpaired) electrons. The fourth-order valence-corrected chi connectivity index (χ4v) is 2.94. The molecule has 3 aromatic carbocycles. The zero-order valence-corrected chi connectivity index (χ0v) is 15.0. The molecule has 4 nitrogen and oxygen atoms in total. The maximum absolute atomic E-state index is 10.8. The Morgan fingerprint density at radius 2 is 1.15 bits per heavy atom. The topological polar surface area (TPSA) is 80.9 Å². The molecule has 0 aliphatic heterocycles. The predicted molar refractivity (Wildman–Crippen MR) is 103 cm³/mol. The van der Waals surface area contributed by atoms with E-state index >= 15 is 0 Å². The van der Waals surface area contributed by atoms with Crippen molar-refractivity contribution in [3.8, 4) is 45.3 Å². The number of phenolic OH excluding ortho intramolecular Hbond substituents is 4. The fourth-order valence-electron chi connectivity index (χ4n) is 2.94. The van der Waals surface area contributed by atoms with Gasteiger partial charge < -0.3 is 20.4 Å². The van der Waals surface area contributed by atoms with E-state index in [0.29, 0.717) is 22.3 Å². The minimum atomic E-state index is -0.112. The molecule has 3 rings (SSSR count). The van der Waals surface area contributed by atoms with Crippen LogP contribution in [0.1, 0.15) is 26.3 Å². The highest BCUT2D eigenvalue weighted by Crippen LogP contribution is 2.45. The summed E-state index contributed by atoms with van der Waals surface area (Å²) in [5.74, 6) is -0.0802. The number of phenols is 4. The summed E-state index contributed by atoms with van der Waals surface area (Å²) in [4.78, 5) is 0. The first-order chi connectivity index (χ1) is 12.2. The summed E-state index contributed by atoms with van der Waals surface area (Å²) >= 11 is 0. The lowest BCUT2D eigenvalue weighted by Crippen LogP contribution is -2.10. The molecule has 0 fully saturated rings. The van der Waals surface area contributed by atoms with Gasteiger partial charge in [-0.05, 0) is 41.3 Å². The van der Waals surface area contributed by atoms with E-state index in [1.165, 1.54) is 18.2 Å². The van der Waals surface area contributed by atoms with Gasteiger partial charge in [-0.15, -0.1) is 0 Å². The Morgan fingerprint density at radius 1 is 0.615 bits per heavy atom. The number of hydrogen-bond acceptors (Lipinski definition) is 4. The SMILES string of the molecule is CC(C)(C)c1ccc(O)c(-c2cccc(-c3cc(O)ccc3O)c2O)c1. The zero-order valence-electron chi connectivity index (χ0n) is 15.0. The Labute approximate surface area is 152 Å². The van der Waals surface area contributed by atoms with Gasteiger partial charge >= 0.3 is 0 Å². The molecule has 0 amide bonds. The second-order valence-corrected chi connectivity index (χ2v) is 7.39. The molecule has 0 heterocycles. The standard InChI is InChI=1S/C22H22O4/c1-22(2,3)13-7-9-19(24)17(11-13)15-5-4-6-16(21(15)26)18-12-14(23)8-10-20(18)25/h4-12,23-26H,1-3H3. The Morgan fingerprint density at radius 3 is 1.73 bits per heavy atom. The first kappa shape index (κ1) is 17.7. The predicted octanol–water partition coefficient (Wildman–Crippen LogP) is 5.14. The molecule has 0 saturated heterocycles. The third-order valence-corrected chi connectivity index (χ3v) is 4.46. The normalized spacial score (nSPS) is 11.5. The van der Waals surface area contributed by atoms with Gasteiger partial charge in [0, 0.05) is 22.3 Å². The van der Waals surface area contributed by atoms with Crippen molar-refractivity contribution in [2.75, 3.05) is 0 Å². The van der Waals surface area contributed by atoms with E-state index in [2.05, 4.69) is 20.8 Å². The van der Waals surface area contributed by atoms with Crippen LogP contribution in [0.25, 0.3) is 22.3 Å². The Hall–Kier alpha value is -3.14. The number of para-hydroxylation sites is 1. The Kier molecular flexibility index (Phi) is 4.28. The summed E-state index contributed by atoms with van der Waals surface area (Å²) in [5.41, 5.74) is 2.56. The molecule has 0 aromatic heterocycles. The summed E-state index contributed by atoms with van der Waals surface area (Å²) in [7, 11) is 0. The van der Waals surface area contributed by atoms with Gasteiger partial charge in [0.2, 0.25) is 0 Å². The van der Waals surface area contributed by atoms with Gasteiger partial charge in [-0.25, -0.2) is 0 Å². The average Bonchev–Trinajstić information content (AvgIpc) is 2.57. The minimum absolute atomic E-state index is 0.0137. The molecule has 0 aliphatic rings. The van der Waals surface area contributed by atoms with Crippen molar-refractivity contribution in [1.82, 2.24) is 0 Å². The van der Waals surface area contributed by atoms with Crippen LogP contribution >= 0.6 is 0 Å². The maximum atomic E-state index is 10.8. The Bertz CT molecular complexity index is 968. The lowest BCUT2D eigenvalue weighted by Gasteiger charge is -2.21. The highest BCUT2D eigenvalue weighted by atomic mass is 16.3. The van der Waals surface area contributed by atoms with Crippen molar-refractivity contribution in [2.24, 2.45) is 0 Å². The summed E-state index contributed by atoms with van der Waals surface area (Å²) in [6.45, 7) is 6.22. The Balaban J connectivity index is 2.22. The first-order valence-electron chi connectivity index (χ1n) is 8.36. The van der Waals surface area contributed by atoms with Crippen LogP contribution in [0.3, 0.4) is 0 Å². The van der Waals surface area contributed by atoms with Crippen molar-refractivity contribution in [2.45, 2.75) is 26.2 Å². The van der Waals surface area contributed by atoms with Crippen LogP contribution in [-0.4, -0.2) is 20.4 Å². The zero-order chi connectivity index (χ0) is 19.1. The average molecular weight is 350 g/mol. The number of aromatic hydroxyl groups is 4. The largest absolute Gasteiger partial charge is 0.508 e. The van der Waals surface area contributed by atoms with Gasteiger partial charge in [0.25, 0.3) is 0 Å². The maximum Gasteiger partial charge on any atom is 0.131 e. The molecule has 0 aliphatic carbocycles. The number of rotatable bonds is 2. The van der Waals surface area contributed by atoms with Crippen LogP contribution in [0, 0.1) is 0 Å². The lowest BCUT2D eigenvalue weighted by atomic mass is 9.85. The molecule has 4 heteroatoms. The van der Waals surface area contributed by atoms with Crippen molar-refractivity contribution in [3.63, 3.8) is 0 Å².